The fourth-order valence-corrected chi connectivity index (χ4v) is 8.03. The van der Waals surface area contributed by atoms with E-state index in [9.17, 15) is 4.57 Å². The van der Waals surface area contributed by atoms with Crippen molar-refractivity contribution in [2.45, 2.75) is 32.9 Å². The van der Waals surface area contributed by atoms with E-state index in [1.54, 1.807) is 6.07 Å². The van der Waals surface area contributed by atoms with Gasteiger partial charge in [-0.2, -0.15) is 9.97 Å². The van der Waals surface area contributed by atoms with Gasteiger partial charge in [-0.15, -0.1) is 0 Å². The fourth-order valence-electron chi connectivity index (χ4n) is 1.44. The number of nitrogens with zero attached hydrogens (tertiary/aromatic N) is 2. The first-order valence-electron chi connectivity index (χ1n) is 7.15. The molecule has 0 aliphatic rings. The normalized spacial score (nSPS) is 13.6. The van der Waals surface area contributed by atoms with E-state index in [-0.39, 0.29) is 6.01 Å². The van der Waals surface area contributed by atoms with E-state index in [4.69, 9.17) is 14.0 Å². The summed E-state index contributed by atoms with van der Waals surface area (Å²) in [5.41, 5.74) is 0.706. The summed E-state index contributed by atoms with van der Waals surface area (Å²) in [5, 5.41) is 0. The van der Waals surface area contributed by atoms with Crippen LogP contribution in [0.25, 0.3) is 0 Å². The standard InChI is InChI=1S/C13H23N2O4PS2/c1-5-8-21-20(16,19-7-3)22-10-11-9-12(17-4)15-13(14-11)18-6-2/h9H,5-8,10H2,1-4H3. The van der Waals surface area contributed by atoms with E-state index < -0.39 is 5.77 Å². The number of methoxy groups -OCH3 is 1. The minimum atomic E-state index is -2.76. The Hall–Kier alpha value is -0.430. The largest absolute Gasteiger partial charge is 0.481 e. The van der Waals surface area contributed by atoms with Crippen molar-refractivity contribution in [1.29, 1.82) is 0 Å². The minimum absolute atomic E-state index is 0.268. The molecule has 1 aromatic heterocycles. The molecule has 1 rings (SSSR count). The summed E-state index contributed by atoms with van der Waals surface area (Å²) >= 11 is 2.66. The highest BCUT2D eigenvalue weighted by atomic mass is 33.1. The van der Waals surface area contributed by atoms with Gasteiger partial charge in [0.15, 0.2) is 0 Å². The molecule has 0 bridgehead atoms. The monoisotopic (exact) mass is 366 g/mol. The second kappa shape index (κ2) is 10.4. The molecule has 0 N–H and O–H groups in total. The molecule has 0 saturated carbocycles. The van der Waals surface area contributed by atoms with Gasteiger partial charge in [0.25, 0.3) is 0 Å². The van der Waals surface area contributed by atoms with Gasteiger partial charge in [0, 0.05) is 17.6 Å². The smallest absolute Gasteiger partial charge is 0.319 e. The van der Waals surface area contributed by atoms with Crippen LogP contribution in [0.1, 0.15) is 32.9 Å². The molecule has 0 saturated heterocycles. The van der Waals surface area contributed by atoms with Crippen molar-refractivity contribution in [3.63, 3.8) is 0 Å². The second-order valence-electron chi connectivity index (χ2n) is 4.09. The van der Waals surface area contributed by atoms with E-state index in [0.29, 0.717) is 30.5 Å². The third-order valence-electron chi connectivity index (χ3n) is 2.33. The van der Waals surface area contributed by atoms with Crippen LogP contribution in [0.4, 0.5) is 0 Å². The van der Waals surface area contributed by atoms with E-state index in [1.165, 1.54) is 29.9 Å². The van der Waals surface area contributed by atoms with Crippen LogP contribution in [0.3, 0.4) is 0 Å². The number of rotatable bonds is 11. The van der Waals surface area contributed by atoms with Crippen molar-refractivity contribution in [2.24, 2.45) is 0 Å². The highest BCUT2D eigenvalue weighted by Crippen LogP contribution is 2.70. The summed E-state index contributed by atoms with van der Waals surface area (Å²) in [7, 11) is 1.54. The summed E-state index contributed by atoms with van der Waals surface area (Å²) < 4.78 is 28.6. The van der Waals surface area contributed by atoms with Crippen LogP contribution in [0.5, 0.6) is 11.9 Å². The van der Waals surface area contributed by atoms with Gasteiger partial charge < -0.3 is 14.0 Å². The average molecular weight is 366 g/mol. The Kier molecular flexibility index (Phi) is 9.24. The summed E-state index contributed by atoms with van der Waals surface area (Å²) in [6.45, 7) is 6.67. The molecule has 1 aromatic rings. The number of hydrogen-bond donors (Lipinski definition) is 0. The van der Waals surface area contributed by atoms with Crippen molar-refractivity contribution in [3.05, 3.63) is 11.8 Å². The van der Waals surface area contributed by atoms with Gasteiger partial charge >= 0.3 is 11.8 Å². The molecule has 0 aliphatic heterocycles. The number of ether oxygens (including phenoxy) is 2. The van der Waals surface area contributed by atoms with Crippen molar-refractivity contribution in [3.8, 4) is 11.9 Å². The van der Waals surface area contributed by atoms with Crippen LogP contribution in [-0.2, 0) is 14.8 Å². The predicted octanol–water partition coefficient (Wildman–Crippen LogP) is 4.40. The molecule has 0 spiro atoms. The molecular weight excluding hydrogens is 343 g/mol. The lowest BCUT2D eigenvalue weighted by molar-refractivity contribution is 0.301. The first-order chi connectivity index (χ1) is 10.6. The summed E-state index contributed by atoms with van der Waals surface area (Å²) in [5.74, 6) is -1.07. The Morgan fingerprint density at radius 1 is 1.18 bits per heavy atom. The van der Waals surface area contributed by atoms with Gasteiger partial charge in [-0.25, -0.2) is 0 Å². The van der Waals surface area contributed by atoms with Gasteiger partial charge in [0.1, 0.15) is 0 Å². The van der Waals surface area contributed by atoms with Crippen molar-refractivity contribution in [2.75, 3.05) is 26.1 Å². The van der Waals surface area contributed by atoms with Crippen molar-refractivity contribution >= 4 is 28.5 Å². The van der Waals surface area contributed by atoms with Crippen molar-refractivity contribution in [1.82, 2.24) is 9.97 Å². The van der Waals surface area contributed by atoms with Gasteiger partial charge in [0.2, 0.25) is 5.88 Å². The molecule has 1 atom stereocenters. The van der Waals surface area contributed by atoms with Crippen molar-refractivity contribution < 1.29 is 18.6 Å². The maximum atomic E-state index is 12.7. The topological polar surface area (TPSA) is 70.5 Å². The lowest BCUT2D eigenvalue weighted by Crippen LogP contribution is -2.01. The molecule has 22 heavy (non-hydrogen) atoms. The first-order valence-corrected chi connectivity index (χ1v) is 12.0. The molecule has 0 radical (unpaired) electrons. The maximum absolute atomic E-state index is 12.7. The van der Waals surface area contributed by atoms with Crippen LogP contribution >= 0.6 is 28.5 Å². The zero-order valence-electron chi connectivity index (χ0n) is 13.4. The van der Waals surface area contributed by atoms with Crippen LogP contribution in [-0.4, -0.2) is 36.0 Å². The lowest BCUT2D eigenvalue weighted by Gasteiger charge is -2.15. The summed E-state index contributed by atoms with van der Waals surface area (Å²) in [4.78, 5) is 8.40. The molecule has 9 heteroatoms. The number of hydrogen-bond acceptors (Lipinski definition) is 8. The van der Waals surface area contributed by atoms with Crippen LogP contribution in [0.15, 0.2) is 6.07 Å². The Morgan fingerprint density at radius 2 is 1.95 bits per heavy atom. The zero-order chi connectivity index (χ0) is 16.4. The van der Waals surface area contributed by atoms with Gasteiger partial charge in [-0.3, -0.25) is 4.57 Å². The molecule has 1 heterocycles. The highest BCUT2D eigenvalue weighted by Gasteiger charge is 2.24. The molecular formula is C13H23N2O4PS2. The predicted molar refractivity (Wildman–Crippen MR) is 93.0 cm³/mol. The third kappa shape index (κ3) is 6.77. The van der Waals surface area contributed by atoms with Crippen LogP contribution < -0.4 is 9.47 Å². The first kappa shape index (κ1) is 19.6. The van der Waals surface area contributed by atoms with Gasteiger partial charge in [-0.05, 0) is 20.3 Å². The summed E-state index contributed by atoms with van der Waals surface area (Å²) in [6, 6.07) is 1.99. The quantitative estimate of drug-likeness (QED) is 0.534. The molecule has 0 aromatic carbocycles. The Balaban J connectivity index is 2.79. The average Bonchev–Trinajstić information content (AvgIpc) is 2.51. The third-order valence-corrected chi connectivity index (χ3v) is 9.91. The lowest BCUT2D eigenvalue weighted by atomic mass is 10.4. The molecule has 0 amide bonds. The zero-order valence-corrected chi connectivity index (χ0v) is 15.9. The SMILES string of the molecule is CCCSP(=O)(OCC)SCc1cc(OC)nc(OCC)n1. The Labute approximate surface area is 140 Å². The summed E-state index contributed by atoms with van der Waals surface area (Å²) in [6.07, 6.45) is 0.956. The molecule has 1 unspecified atom stereocenters. The molecule has 6 nitrogen and oxygen atoms in total. The van der Waals surface area contributed by atoms with E-state index in [2.05, 4.69) is 16.9 Å². The van der Waals surface area contributed by atoms with Gasteiger partial charge in [0.05, 0.1) is 26.0 Å². The second-order valence-corrected chi connectivity index (χ2v) is 11.6. The maximum Gasteiger partial charge on any atom is 0.319 e. The highest BCUT2D eigenvalue weighted by molar-refractivity contribution is 8.89. The van der Waals surface area contributed by atoms with E-state index in [0.717, 1.165) is 12.2 Å². The van der Waals surface area contributed by atoms with Gasteiger partial charge in [-0.1, -0.05) is 29.7 Å². The Bertz CT molecular complexity index is 505. The molecule has 0 fully saturated rings. The fraction of sp³-hybridized carbons (Fsp3) is 0.692. The minimum Gasteiger partial charge on any atom is -0.481 e. The van der Waals surface area contributed by atoms with E-state index in [1.807, 2.05) is 13.8 Å². The Morgan fingerprint density at radius 3 is 2.55 bits per heavy atom. The molecule has 0 aliphatic carbocycles. The van der Waals surface area contributed by atoms with Crippen LogP contribution in [0.2, 0.25) is 0 Å². The van der Waals surface area contributed by atoms with Crippen LogP contribution in [0, 0.1) is 0 Å². The number of aromatic nitrogens is 2. The van der Waals surface area contributed by atoms with E-state index >= 15 is 0 Å². The molecule has 126 valence electrons.